The number of carboxylic acid groups (broad SMARTS) is 1. The molecule has 0 aliphatic rings. The van der Waals surface area contributed by atoms with Gasteiger partial charge in [-0.3, -0.25) is 5.10 Å². The lowest BCUT2D eigenvalue weighted by Gasteiger charge is -2.21. The zero-order valence-electron chi connectivity index (χ0n) is 14.8. The van der Waals surface area contributed by atoms with E-state index in [1.807, 2.05) is 16.8 Å². The predicted molar refractivity (Wildman–Crippen MR) is 103 cm³/mol. The summed E-state index contributed by atoms with van der Waals surface area (Å²) in [6, 6.07) is 5.26. The van der Waals surface area contributed by atoms with Gasteiger partial charge in [-0.2, -0.15) is 10.2 Å². The van der Waals surface area contributed by atoms with Gasteiger partial charge in [0.1, 0.15) is 0 Å². The molecule has 0 spiro atoms. The van der Waals surface area contributed by atoms with Gasteiger partial charge in [-0.05, 0) is 30.5 Å². The summed E-state index contributed by atoms with van der Waals surface area (Å²) in [5.41, 5.74) is 2.67. The molecule has 0 aliphatic carbocycles. The number of hydrogen-bond donors (Lipinski definition) is 2. The van der Waals surface area contributed by atoms with Crippen LogP contribution in [0.2, 0.25) is 5.02 Å². The third kappa shape index (κ3) is 3.14. The number of pyridine rings is 1. The first-order chi connectivity index (χ1) is 12.9. The Bertz CT molecular complexity index is 1150. The first kappa shape index (κ1) is 17.5. The smallest absolute Gasteiger partial charge is 0.337 e. The van der Waals surface area contributed by atoms with Gasteiger partial charge in [-0.25, -0.2) is 14.5 Å². The molecule has 0 bridgehead atoms. The molecule has 1 unspecified atom stereocenters. The largest absolute Gasteiger partial charge is 0.478 e. The Balaban J connectivity index is 1.91. The molecule has 27 heavy (non-hydrogen) atoms. The summed E-state index contributed by atoms with van der Waals surface area (Å²) in [5.74, 6) is -0.616. The predicted octanol–water partition coefficient (Wildman–Crippen LogP) is 4.29. The Morgan fingerprint density at radius 1 is 1.22 bits per heavy atom. The maximum atomic E-state index is 11.2. The van der Waals surface area contributed by atoms with Crippen molar-refractivity contribution in [1.82, 2.24) is 25.0 Å². The lowest BCUT2D eigenvalue weighted by molar-refractivity contribution is 0.0696. The number of H-pyrrole nitrogens is 1. The van der Waals surface area contributed by atoms with Gasteiger partial charge in [0, 0.05) is 27.6 Å². The molecule has 138 valence electrons. The Morgan fingerprint density at radius 3 is 2.78 bits per heavy atom. The number of carboxylic acids is 1. The van der Waals surface area contributed by atoms with Crippen LogP contribution >= 0.6 is 11.6 Å². The van der Waals surface area contributed by atoms with E-state index in [9.17, 15) is 9.90 Å². The molecule has 0 fully saturated rings. The van der Waals surface area contributed by atoms with Crippen LogP contribution in [0.25, 0.3) is 21.9 Å². The number of rotatable bonds is 5. The Hall–Kier alpha value is -2.93. The van der Waals surface area contributed by atoms with E-state index < -0.39 is 5.97 Å². The highest BCUT2D eigenvalue weighted by Gasteiger charge is 2.23. The molecule has 7 nitrogen and oxygen atoms in total. The van der Waals surface area contributed by atoms with Crippen molar-refractivity contribution in [2.24, 2.45) is 5.92 Å². The first-order valence-corrected chi connectivity index (χ1v) is 9.01. The van der Waals surface area contributed by atoms with Gasteiger partial charge in [0.05, 0.1) is 29.5 Å². The zero-order valence-corrected chi connectivity index (χ0v) is 15.6. The highest BCUT2D eigenvalue weighted by molar-refractivity contribution is 6.31. The van der Waals surface area contributed by atoms with Gasteiger partial charge in [0.25, 0.3) is 0 Å². The molecular formula is C19H18ClN5O2. The minimum Gasteiger partial charge on any atom is -0.478 e. The highest BCUT2D eigenvalue weighted by atomic mass is 35.5. The van der Waals surface area contributed by atoms with Crippen molar-refractivity contribution < 1.29 is 9.90 Å². The number of hydrogen-bond acceptors (Lipinski definition) is 4. The standard InChI is InChI=1S/C19H18ClN5O2/c1-10(2)3-16(15-6-14(20)5-11-8-22-24-17(11)15)25-18-12(9-23-25)4-13(7-21-18)19(26)27/h4-10,16H,3H2,1-2H3,(H,22,24)(H,26,27). The second-order valence-corrected chi connectivity index (χ2v) is 7.44. The second kappa shape index (κ2) is 6.66. The lowest BCUT2D eigenvalue weighted by atomic mass is 9.95. The number of fused-ring (bicyclic) bond motifs is 2. The lowest BCUT2D eigenvalue weighted by Crippen LogP contribution is -2.16. The highest BCUT2D eigenvalue weighted by Crippen LogP contribution is 2.34. The molecule has 0 saturated carbocycles. The van der Waals surface area contributed by atoms with Crippen LogP contribution in [0.4, 0.5) is 0 Å². The van der Waals surface area contributed by atoms with Crippen LogP contribution in [0.5, 0.6) is 0 Å². The summed E-state index contributed by atoms with van der Waals surface area (Å²) in [4.78, 5) is 15.6. The fourth-order valence-electron chi connectivity index (χ4n) is 3.40. The number of nitrogens with one attached hydrogen (secondary N) is 1. The number of benzene rings is 1. The van der Waals surface area contributed by atoms with E-state index in [1.54, 1.807) is 18.5 Å². The fourth-order valence-corrected chi connectivity index (χ4v) is 3.64. The molecule has 0 amide bonds. The van der Waals surface area contributed by atoms with Crippen LogP contribution in [0, 0.1) is 5.92 Å². The van der Waals surface area contributed by atoms with E-state index in [4.69, 9.17) is 11.6 Å². The average molecular weight is 384 g/mol. The molecule has 0 radical (unpaired) electrons. The SMILES string of the molecule is CC(C)CC(c1cc(Cl)cc2cn[nH]c12)n1ncc2cc(C(=O)O)cnc21. The Kier molecular flexibility index (Phi) is 4.31. The normalized spacial score (nSPS) is 12.9. The fraction of sp³-hybridized carbons (Fsp3) is 0.263. The molecule has 4 aromatic rings. The summed E-state index contributed by atoms with van der Waals surface area (Å²) < 4.78 is 1.84. The molecular weight excluding hydrogens is 366 g/mol. The number of nitrogens with zero attached hydrogens (tertiary/aromatic N) is 4. The van der Waals surface area contributed by atoms with Crippen LogP contribution in [0.1, 0.15) is 42.2 Å². The van der Waals surface area contributed by atoms with Gasteiger partial charge in [-0.1, -0.05) is 25.4 Å². The summed E-state index contributed by atoms with van der Waals surface area (Å²) >= 11 is 6.34. The van der Waals surface area contributed by atoms with Crippen molar-refractivity contribution in [1.29, 1.82) is 0 Å². The minimum atomic E-state index is -1.01. The van der Waals surface area contributed by atoms with E-state index in [0.29, 0.717) is 22.0 Å². The van der Waals surface area contributed by atoms with E-state index in [1.165, 1.54) is 6.20 Å². The maximum absolute atomic E-state index is 11.2. The number of halogens is 1. The Labute approximate surface area is 160 Å². The van der Waals surface area contributed by atoms with E-state index in [2.05, 4.69) is 34.1 Å². The van der Waals surface area contributed by atoms with Crippen molar-refractivity contribution in [3.05, 3.63) is 52.9 Å². The first-order valence-electron chi connectivity index (χ1n) is 8.63. The van der Waals surface area contributed by atoms with Crippen molar-refractivity contribution in [2.75, 3.05) is 0 Å². The van der Waals surface area contributed by atoms with E-state index in [-0.39, 0.29) is 11.6 Å². The number of aromatic carboxylic acids is 1. The average Bonchev–Trinajstić information content (AvgIpc) is 3.24. The molecule has 1 atom stereocenters. The quantitative estimate of drug-likeness (QED) is 0.535. The summed E-state index contributed by atoms with van der Waals surface area (Å²) in [6.07, 6.45) is 5.57. The number of aromatic amines is 1. The molecule has 3 heterocycles. The monoisotopic (exact) mass is 383 g/mol. The minimum absolute atomic E-state index is 0.118. The topological polar surface area (TPSA) is 96.7 Å². The molecule has 4 rings (SSSR count). The van der Waals surface area contributed by atoms with E-state index in [0.717, 1.165) is 22.9 Å². The molecule has 0 aliphatic heterocycles. The van der Waals surface area contributed by atoms with Crippen LogP contribution in [0.3, 0.4) is 0 Å². The third-order valence-corrected chi connectivity index (χ3v) is 4.79. The molecule has 8 heteroatoms. The van der Waals surface area contributed by atoms with Crippen LogP contribution in [-0.4, -0.2) is 36.0 Å². The van der Waals surface area contributed by atoms with Gasteiger partial charge < -0.3 is 5.11 Å². The summed E-state index contributed by atoms with van der Waals surface area (Å²) in [7, 11) is 0. The Morgan fingerprint density at radius 2 is 2.04 bits per heavy atom. The number of aromatic nitrogens is 5. The molecule has 3 aromatic heterocycles. The number of carbonyl (C=O) groups is 1. The molecule has 2 N–H and O–H groups in total. The van der Waals surface area contributed by atoms with Gasteiger partial charge >= 0.3 is 5.97 Å². The van der Waals surface area contributed by atoms with Crippen molar-refractivity contribution >= 4 is 39.5 Å². The molecule has 0 saturated heterocycles. The van der Waals surface area contributed by atoms with Crippen LogP contribution in [0.15, 0.2) is 36.8 Å². The second-order valence-electron chi connectivity index (χ2n) is 7.01. The molecule has 1 aromatic carbocycles. The third-order valence-electron chi connectivity index (χ3n) is 4.57. The van der Waals surface area contributed by atoms with Gasteiger partial charge in [0.2, 0.25) is 0 Å². The van der Waals surface area contributed by atoms with Gasteiger partial charge in [-0.15, -0.1) is 0 Å². The summed E-state index contributed by atoms with van der Waals surface area (Å²) in [6.45, 7) is 4.28. The van der Waals surface area contributed by atoms with Crippen LogP contribution in [-0.2, 0) is 0 Å². The van der Waals surface area contributed by atoms with Crippen molar-refractivity contribution in [2.45, 2.75) is 26.3 Å². The maximum Gasteiger partial charge on any atom is 0.337 e. The zero-order chi connectivity index (χ0) is 19.1. The van der Waals surface area contributed by atoms with Gasteiger partial charge in [0.15, 0.2) is 5.65 Å². The van der Waals surface area contributed by atoms with Crippen LogP contribution < -0.4 is 0 Å². The summed E-state index contributed by atoms with van der Waals surface area (Å²) in [5, 5.41) is 23.2. The van der Waals surface area contributed by atoms with Crippen molar-refractivity contribution in [3.8, 4) is 0 Å². The van der Waals surface area contributed by atoms with Crippen molar-refractivity contribution in [3.63, 3.8) is 0 Å². The van der Waals surface area contributed by atoms with E-state index >= 15 is 0 Å².